The number of hydrogen-bond acceptors (Lipinski definition) is 4. The van der Waals surface area contributed by atoms with Gasteiger partial charge in [-0.15, -0.1) is 0 Å². The summed E-state index contributed by atoms with van der Waals surface area (Å²) >= 11 is 0. The first-order chi connectivity index (χ1) is 9.06. The van der Waals surface area contributed by atoms with Crippen LogP contribution in [0.5, 0.6) is 0 Å². The number of carbonyl (C=O) groups is 1. The molecule has 2 N–H and O–H groups in total. The zero-order valence-electron chi connectivity index (χ0n) is 11.9. The van der Waals surface area contributed by atoms with Crippen LogP contribution in [0.2, 0.25) is 0 Å². The summed E-state index contributed by atoms with van der Waals surface area (Å²) in [6.07, 6.45) is -0.312. The van der Waals surface area contributed by atoms with Crippen molar-refractivity contribution in [2.45, 2.75) is 26.2 Å². The molecule has 1 rings (SSSR count). The third-order valence-electron chi connectivity index (χ3n) is 2.54. The molecule has 0 aliphatic heterocycles. The topological polar surface area (TPSA) is 59.6 Å². The molecular formula is C14H22N2O3. The monoisotopic (exact) mass is 266 g/mol. The SMILES string of the molecule is COC(CNc1cccc(C(=O)NC(C)C)c1)OC. The molecule has 0 unspecified atom stereocenters. The highest BCUT2D eigenvalue weighted by atomic mass is 16.7. The lowest BCUT2D eigenvalue weighted by molar-refractivity contribution is -0.0914. The fourth-order valence-corrected chi connectivity index (χ4v) is 1.58. The summed E-state index contributed by atoms with van der Waals surface area (Å²) in [7, 11) is 3.17. The van der Waals surface area contributed by atoms with Crippen molar-refractivity contribution in [1.29, 1.82) is 0 Å². The van der Waals surface area contributed by atoms with Gasteiger partial charge in [0, 0.05) is 31.5 Å². The van der Waals surface area contributed by atoms with E-state index in [0.717, 1.165) is 5.69 Å². The van der Waals surface area contributed by atoms with Gasteiger partial charge in [0.1, 0.15) is 0 Å². The number of nitrogens with one attached hydrogen (secondary N) is 2. The van der Waals surface area contributed by atoms with Gasteiger partial charge in [0.15, 0.2) is 6.29 Å². The lowest BCUT2D eigenvalue weighted by atomic mass is 10.2. The molecule has 0 aliphatic rings. The first-order valence-corrected chi connectivity index (χ1v) is 6.27. The minimum atomic E-state index is -0.312. The number of rotatable bonds is 7. The second-order valence-corrected chi connectivity index (χ2v) is 4.49. The standard InChI is InChI=1S/C14H22N2O3/c1-10(2)16-14(17)11-6-5-7-12(8-11)15-9-13(18-3)19-4/h5-8,10,13,15H,9H2,1-4H3,(H,16,17). The molecule has 1 amide bonds. The third-order valence-corrected chi connectivity index (χ3v) is 2.54. The summed E-state index contributed by atoms with van der Waals surface area (Å²) in [5.74, 6) is -0.0753. The Morgan fingerprint density at radius 2 is 1.95 bits per heavy atom. The van der Waals surface area contributed by atoms with E-state index in [4.69, 9.17) is 9.47 Å². The molecule has 0 bridgehead atoms. The van der Waals surface area contributed by atoms with Gasteiger partial charge in [-0.2, -0.15) is 0 Å². The number of carbonyl (C=O) groups excluding carboxylic acids is 1. The van der Waals surface area contributed by atoms with Crippen LogP contribution in [-0.4, -0.2) is 39.0 Å². The molecule has 19 heavy (non-hydrogen) atoms. The molecule has 1 aromatic carbocycles. The normalized spacial score (nSPS) is 10.8. The Balaban J connectivity index is 2.64. The van der Waals surface area contributed by atoms with Crippen LogP contribution < -0.4 is 10.6 Å². The van der Waals surface area contributed by atoms with Crippen molar-refractivity contribution in [3.63, 3.8) is 0 Å². The van der Waals surface area contributed by atoms with Crippen molar-refractivity contribution in [1.82, 2.24) is 5.32 Å². The highest BCUT2D eigenvalue weighted by Gasteiger charge is 2.08. The van der Waals surface area contributed by atoms with Crippen LogP contribution in [0.25, 0.3) is 0 Å². The number of anilines is 1. The van der Waals surface area contributed by atoms with E-state index in [1.54, 1.807) is 26.4 Å². The predicted molar refractivity (Wildman–Crippen MR) is 75.3 cm³/mol. The molecule has 0 atom stereocenters. The number of amides is 1. The molecule has 0 spiro atoms. The number of benzene rings is 1. The Bertz CT molecular complexity index is 403. The summed E-state index contributed by atoms with van der Waals surface area (Å²) < 4.78 is 10.2. The van der Waals surface area contributed by atoms with Crippen molar-refractivity contribution < 1.29 is 14.3 Å². The molecule has 5 nitrogen and oxygen atoms in total. The van der Waals surface area contributed by atoms with Crippen LogP contribution in [-0.2, 0) is 9.47 Å². The first-order valence-electron chi connectivity index (χ1n) is 6.27. The van der Waals surface area contributed by atoms with Crippen LogP contribution in [0.1, 0.15) is 24.2 Å². The minimum Gasteiger partial charge on any atom is -0.380 e. The summed E-state index contributed by atoms with van der Waals surface area (Å²) in [6.45, 7) is 4.38. The molecule has 0 aromatic heterocycles. The zero-order chi connectivity index (χ0) is 14.3. The van der Waals surface area contributed by atoms with Gasteiger partial charge in [0.05, 0.1) is 6.54 Å². The Hall–Kier alpha value is -1.59. The van der Waals surface area contributed by atoms with Crippen LogP contribution in [0, 0.1) is 0 Å². The molecule has 0 aliphatic carbocycles. The fourth-order valence-electron chi connectivity index (χ4n) is 1.58. The van der Waals surface area contributed by atoms with Crippen molar-refractivity contribution in [3.8, 4) is 0 Å². The van der Waals surface area contributed by atoms with Gasteiger partial charge in [-0.3, -0.25) is 4.79 Å². The smallest absolute Gasteiger partial charge is 0.251 e. The van der Waals surface area contributed by atoms with E-state index in [2.05, 4.69) is 10.6 Å². The molecule has 1 aromatic rings. The van der Waals surface area contributed by atoms with Crippen LogP contribution in [0.15, 0.2) is 24.3 Å². The Morgan fingerprint density at radius 3 is 2.53 bits per heavy atom. The van der Waals surface area contributed by atoms with Gasteiger partial charge in [-0.1, -0.05) is 6.07 Å². The number of methoxy groups -OCH3 is 2. The second-order valence-electron chi connectivity index (χ2n) is 4.49. The lowest BCUT2D eigenvalue weighted by Gasteiger charge is -2.15. The average molecular weight is 266 g/mol. The molecule has 106 valence electrons. The van der Waals surface area contributed by atoms with Gasteiger partial charge < -0.3 is 20.1 Å². The second kappa shape index (κ2) is 7.76. The van der Waals surface area contributed by atoms with Gasteiger partial charge >= 0.3 is 0 Å². The van der Waals surface area contributed by atoms with Gasteiger partial charge in [-0.05, 0) is 32.0 Å². The lowest BCUT2D eigenvalue weighted by Crippen LogP contribution is -2.30. The maximum atomic E-state index is 11.9. The van der Waals surface area contributed by atoms with Crippen molar-refractivity contribution in [3.05, 3.63) is 29.8 Å². The fraction of sp³-hybridized carbons (Fsp3) is 0.500. The molecule has 5 heteroatoms. The molecule has 0 radical (unpaired) electrons. The zero-order valence-corrected chi connectivity index (χ0v) is 11.9. The van der Waals surface area contributed by atoms with Crippen molar-refractivity contribution >= 4 is 11.6 Å². The quantitative estimate of drug-likeness (QED) is 0.740. The Labute approximate surface area is 114 Å². The molecule has 0 saturated heterocycles. The average Bonchev–Trinajstić information content (AvgIpc) is 2.39. The van der Waals surface area contributed by atoms with Crippen LogP contribution in [0.3, 0.4) is 0 Å². The summed E-state index contributed by atoms with van der Waals surface area (Å²) in [5.41, 5.74) is 1.49. The van der Waals surface area contributed by atoms with Gasteiger partial charge in [0.2, 0.25) is 0 Å². The van der Waals surface area contributed by atoms with E-state index < -0.39 is 0 Å². The molecule has 0 fully saturated rings. The minimum absolute atomic E-state index is 0.0753. The van der Waals surface area contributed by atoms with E-state index in [-0.39, 0.29) is 18.2 Å². The molecule has 0 heterocycles. The summed E-state index contributed by atoms with van der Waals surface area (Å²) in [5, 5.41) is 6.02. The van der Waals surface area contributed by atoms with Crippen molar-refractivity contribution in [2.75, 3.05) is 26.1 Å². The maximum Gasteiger partial charge on any atom is 0.251 e. The molecular weight excluding hydrogens is 244 g/mol. The van der Waals surface area contributed by atoms with Crippen LogP contribution >= 0.6 is 0 Å². The van der Waals surface area contributed by atoms with E-state index in [1.165, 1.54) is 0 Å². The Kier molecular flexibility index (Phi) is 6.32. The summed E-state index contributed by atoms with van der Waals surface area (Å²) in [6, 6.07) is 7.45. The van der Waals surface area contributed by atoms with E-state index in [0.29, 0.717) is 12.1 Å². The third kappa shape index (κ3) is 5.28. The number of ether oxygens (including phenoxy) is 2. The van der Waals surface area contributed by atoms with Gasteiger partial charge in [0.25, 0.3) is 5.91 Å². The first kappa shape index (κ1) is 15.5. The Morgan fingerprint density at radius 1 is 1.26 bits per heavy atom. The summed E-state index contributed by atoms with van der Waals surface area (Å²) in [4.78, 5) is 11.9. The van der Waals surface area contributed by atoms with E-state index in [9.17, 15) is 4.79 Å². The van der Waals surface area contributed by atoms with E-state index in [1.807, 2.05) is 26.0 Å². The van der Waals surface area contributed by atoms with Gasteiger partial charge in [-0.25, -0.2) is 0 Å². The predicted octanol–water partition coefficient (Wildman–Crippen LogP) is 1.86. The highest BCUT2D eigenvalue weighted by molar-refractivity contribution is 5.95. The highest BCUT2D eigenvalue weighted by Crippen LogP contribution is 2.11. The van der Waals surface area contributed by atoms with Crippen LogP contribution in [0.4, 0.5) is 5.69 Å². The van der Waals surface area contributed by atoms with Crippen molar-refractivity contribution in [2.24, 2.45) is 0 Å². The van der Waals surface area contributed by atoms with E-state index >= 15 is 0 Å². The number of hydrogen-bond donors (Lipinski definition) is 2. The largest absolute Gasteiger partial charge is 0.380 e. The molecule has 0 saturated carbocycles. The maximum absolute atomic E-state index is 11.9.